The van der Waals surface area contributed by atoms with Crippen LogP contribution in [0.3, 0.4) is 0 Å². The molecule has 0 aliphatic carbocycles. The number of rotatable bonds is 6. The molecule has 0 aromatic heterocycles. The van der Waals surface area contributed by atoms with Crippen molar-refractivity contribution in [2.75, 3.05) is 10.6 Å². The number of benzene rings is 2. The van der Waals surface area contributed by atoms with Crippen molar-refractivity contribution in [3.8, 4) is 5.75 Å². The second-order valence-electron chi connectivity index (χ2n) is 6.21. The lowest BCUT2D eigenvalue weighted by Crippen LogP contribution is -2.24. The molecule has 28 heavy (non-hydrogen) atoms. The maximum absolute atomic E-state index is 12.4. The Morgan fingerprint density at radius 3 is 2.36 bits per heavy atom. The number of halogens is 3. The van der Waals surface area contributed by atoms with Gasteiger partial charge in [-0.2, -0.15) is 0 Å². The molecule has 0 fully saturated rings. The van der Waals surface area contributed by atoms with Crippen LogP contribution in [0.2, 0.25) is 0 Å². The Hall–Kier alpha value is -3.23. The largest absolute Gasteiger partial charge is 0.573 e. The zero-order chi connectivity index (χ0) is 20.7. The van der Waals surface area contributed by atoms with Crippen LogP contribution in [-0.4, -0.2) is 18.2 Å². The van der Waals surface area contributed by atoms with E-state index in [1.165, 1.54) is 18.2 Å². The number of hydrogen-bond donors (Lipinski definition) is 3. The standard InChI is InChI=1S/C19H21F3N4O2/c1-12(2)17(27)25-14-9-7-13(8-10-14)11-24-18(23)26-15-5-3-4-6-16(15)28-19(20,21)22/h3-10,12H,11H2,1-2H3,(H,25,27)(H3,23,24,26). The maximum Gasteiger partial charge on any atom is 0.573 e. The van der Waals surface area contributed by atoms with Crippen LogP contribution in [0.15, 0.2) is 53.5 Å². The Balaban J connectivity index is 1.99. The molecule has 150 valence electrons. The van der Waals surface area contributed by atoms with Crippen molar-refractivity contribution in [2.24, 2.45) is 16.6 Å². The third-order valence-electron chi connectivity index (χ3n) is 3.55. The number of nitrogens with two attached hydrogens (primary N) is 1. The first-order valence-electron chi connectivity index (χ1n) is 8.45. The zero-order valence-corrected chi connectivity index (χ0v) is 15.4. The topological polar surface area (TPSA) is 88.7 Å². The van der Waals surface area contributed by atoms with Gasteiger partial charge in [-0.05, 0) is 29.8 Å². The van der Waals surface area contributed by atoms with Gasteiger partial charge in [0, 0.05) is 11.6 Å². The van der Waals surface area contributed by atoms with Crippen molar-refractivity contribution >= 4 is 23.2 Å². The van der Waals surface area contributed by atoms with E-state index < -0.39 is 12.1 Å². The van der Waals surface area contributed by atoms with E-state index in [1.54, 1.807) is 44.2 Å². The first-order chi connectivity index (χ1) is 13.1. The molecule has 2 rings (SSSR count). The van der Waals surface area contributed by atoms with Crippen LogP contribution in [-0.2, 0) is 11.3 Å². The molecule has 0 saturated heterocycles. The predicted octanol–water partition coefficient (Wildman–Crippen LogP) is 4.11. The summed E-state index contributed by atoms with van der Waals surface area (Å²) in [5.41, 5.74) is 7.28. The molecule has 2 aromatic rings. The summed E-state index contributed by atoms with van der Waals surface area (Å²) < 4.78 is 41.3. The maximum atomic E-state index is 12.4. The lowest BCUT2D eigenvalue weighted by Gasteiger charge is -2.14. The third-order valence-corrected chi connectivity index (χ3v) is 3.55. The highest BCUT2D eigenvalue weighted by Gasteiger charge is 2.32. The highest BCUT2D eigenvalue weighted by molar-refractivity contribution is 5.93. The van der Waals surface area contributed by atoms with Crippen LogP contribution >= 0.6 is 0 Å². The molecule has 0 unspecified atom stereocenters. The number of nitrogens with zero attached hydrogens (tertiary/aromatic N) is 1. The minimum atomic E-state index is -4.81. The molecule has 0 atom stereocenters. The Morgan fingerprint density at radius 2 is 1.75 bits per heavy atom. The van der Waals surface area contributed by atoms with Gasteiger partial charge in [0.15, 0.2) is 11.7 Å². The average molecular weight is 394 g/mol. The van der Waals surface area contributed by atoms with E-state index in [2.05, 4.69) is 20.4 Å². The van der Waals surface area contributed by atoms with Gasteiger partial charge in [-0.1, -0.05) is 38.1 Å². The molecule has 0 heterocycles. The van der Waals surface area contributed by atoms with Gasteiger partial charge >= 0.3 is 6.36 Å². The number of hydrogen-bond acceptors (Lipinski definition) is 3. The number of carbonyl (C=O) groups excluding carboxylic acids is 1. The van der Waals surface area contributed by atoms with Crippen molar-refractivity contribution in [3.05, 3.63) is 54.1 Å². The van der Waals surface area contributed by atoms with Gasteiger partial charge in [-0.15, -0.1) is 13.2 Å². The van der Waals surface area contributed by atoms with Crippen LogP contribution < -0.4 is 21.1 Å². The summed E-state index contributed by atoms with van der Waals surface area (Å²) in [7, 11) is 0. The normalized spacial score (nSPS) is 12.0. The number of aliphatic imine (C=N–C) groups is 1. The second kappa shape index (κ2) is 9.12. The number of carbonyl (C=O) groups is 1. The predicted molar refractivity (Wildman–Crippen MR) is 102 cm³/mol. The Labute approximate surface area is 160 Å². The van der Waals surface area contributed by atoms with E-state index >= 15 is 0 Å². The van der Waals surface area contributed by atoms with E-state index in [4.69, 9.17) is 5.73 Å². The van der Waals surface area contributed by atoms with Crippen molar-refractivity contribution in [3.63, 3.8) is 0 Å². The van der Waals surface area contributed by atoms with Crippen LogP contribution in [0.4, 0.5) is 24.5 Å². The smallest absolute Gasteiger partial charge is 0.404 e. The molecule has 0 aliphatic heterocycles. The van der Waals surface area contributed by atoms with Gasteiger partial charge in [0.25, 0.3) is 0 Å². The number of alkyl halides is 3. The van der Waals surface area contributed by atoms with Gasteiger partial charge in [-0.25, -0.2) is 4.99 Å². The van der Waals surface area contributed by atoms with Crippen molar-refractivity contribution in [2.45, 2.75) is 26.8 Å². The molecule has 1 amide bonds. The summed E-state index contributed by atoms with van der Waals surface area (Å²) in [5.74, 6) is -0.674. The van der Waals surface area contributed by atoms with Crippen LogP contribution in [0.5, 0.6) is 5.75 Å². The van der Waals surface area contributed by atoms with Crippen molar-refractivity contribution in [1.29, 1.82) is 0 Å². The number of ether oxygens (including phenoxy) is 1. The van der Waals surface area contributed by atoms with E-state index in [1.807, 2.05) is 0 Å². The monoisotopic (exact) mass is 394 g/mol. The SMILES string of the molecule is CC(C)C(=O)Nc1ccc(CN=C(N)Nc2ccccc2OC(F)(F)F)cc1. The second-order valence-corrected chi connectivity index (χ2v) is 6.21. The van der Waals surface area contributed by atoms with Crippen LogP contribution in [0, 0.1) is 5.92 Å². The van der Waals surface area contributed by atoms with Gasteiger partial charge < -0.3 is 21.1 Å². The molecule has 0 aliphatic rings. The van der Waals surface area contributed by atoms with Crippen molar-refractivity contribution in [1.82, 2.24) is 0 Å². The van der Waals surface area contributed by atoms with Gasteiger partial charge in [-0.3, -0.25) is 4.79 Å². The fourth-order valence-corrected chi connectivity index (χ4v) is 2.12. The van der Waals surface area contributed by atoms with Crippen LogP contribution in [0.25, 0.3) is 0 Å². The zero-order valence-electron chi connectivity index (χ0n) is 15.4. The molecule has 0 radical (unpaired) electrons. The van der Waals surface area contributed by atoms with E-state index in [-0.39, 0.29) is 30.0 Å². The van der Waals surface area contributed by atoms with Crippen molar-refractivity contribution < 1.29 is 22.7 Å². The lowest BCUT2D eigenvalue weighted by atomic mass is 10.2. The van der Waals surface area contributed by atoms with Gasteiger partial charge in [0.2, 0.25) is 5.91 Å². The minimum Gasteiger partial charge on any atom is -0.404 e. The molecular formula is C19H21F3N4O2. The van der Waals surface area contributed by atoms with E-state index in [0.717, 1.165) is 5.56 Å². The number of guanidine groups is 1. The van der Waals surface area contributed by atoms with Gasteiger partial charge in [0.1, 0.15) is 0 Å². The molecule has 6 nitrogen and oxygen atoms in total. The molecule has 0 spiro atoms. The summed E-state index contributed by atoms with van der Waals surface area (Å²) >= 11 is 0. The summed E-state index contributed by atoms with van der Waals surface area (Å²) in [6.45, 7) is 3.80. The highest BCUT2D eigenvalue weighted by atomic mass is 19.4. The molecule has 0 saturated carbocycles. The molecule has 9 heteroatoms. The number of para-hydroxylation sites is 2. The summed E-state index contributed by atoms with van der Waals surface area (Å²) in [5, 5.41) is 5.37. The fourth-order valence-electron chi connectivity index (χ4n) is 2.12. The number of anilines is 2. The Morgan fingerprint density at radius 1 is 1.11 bits per heavy atom. The molecule has 0 bridgehead atoms. The minimum absolute atomic E-state index is 0.0489. The average Bonchev–Trinajstić information content (AvgIpc) is 2.61. The van der Waals surface area contributed by atoms with Crippen LogP contribution in [0.1, 0.15) is 19.4 Å². The fraction of sp³-hybridized carbons (Fsp3) is 0.263. The molecule has 4 N–H and O–H groups in total. The van der Waals surface area contributed by atoms with E-state index in [0.29, 0.717) is 5.69 Å². The van der Waals surface area contributed by atoms with E-state index in [9.17, 15) is 18.0 Å². The van der Waals surface area contributed by atoms with Gasteiger partial charge in [0.05, 0.1) is 12.2 Å². The highest BCUT2D eigenvalue weighted by Crippen LogP contribution is 2.29. The Kier molecular flexibility index (Phi) is 6.86. The summed E-state index contributed by atoms with van der Waals surface area (Å²) in [6, 6.07) is 12.6. The first kappa shape index (κ1) is 21.1. The number of amides is 1. The Bertz CT molecular complexity index is 834. The molecular weight excluding hydrogens is 373 g/mol. The summed E-state index contributed by atoms with van der Waals surface area (Å²) in [4.78, 5) is 15.8. The molecule has 2 aromatic carbocycles. The first-order valence-corrected chi connectivity index (χ1v) is 8.45. The quantitative estimate of drug-likeness (QED) is 0.508. The summed E-state index contributed by atoms with van der Waals surface area (Å²) in [6.07, 6.45) is -4.81. The third kappa shape index (κ3) is 6.82. The lowest BCUT2D eigenvalue weighted by molar-refractivity contribution is -0.274. The number of nitrogens with one attached hydrogen (secondary N) is 2.